The van der Waals surface area contributed by atoms with Crippen molar-refractivity contribution in [2.75, 3.05) is 32.8 Å². The van der Waals surface area contributed by atoms with Crippen molar-refractivity contribution in [1.82, 2.24) is 24.8 Å². The van der Waals surface area contributed by atoms with Crippen molar-refractivity contribution in [3.8, 4) is 22.6 Å². The highest BCUT2D eigenvalue weighted by Crippen LogP contribution is 2.46. The molecule has 67 heavy (non-hydrogen) atoms. The van der Waals surface area contributed by atoms with E-state index in [1.54, 1.807) is 43.1 Å². The van der Waals surface area contributed by atoms with Gasteiger partial charge in [-0.2, -0.15) is 0 Å². The van der Waals surface area contributed by atoms with Gasteiger partial charge in [0.2, 0.25) is 0 Å². The van der Waals surface area contributed by atoms with E-state index in [4.69, 9.17) is 23.7 Å². The van der Waals surface area contributed by atoms with Crippen molar-refractivity contribution in [3.63, 3.8) is 0 Å². The van der Waals surface area contributed by atoms with Crippen LogP contribution in [0.3, 0.4) is 0 Å². The molecule has 14 nitrogen and oxygen atoms in total. The van der Waals surface area contributed by atoms with E-state index >= 15 is 0 Å². The molecule has 10 rings (SSSR count). The van der Waals surface area contributed by atoms with Crippen LogP contribution >= 0.6 is 0 Å². The van der Waals surface area contributed by atoms with Crippen molar-refractivity contribution in [2.24, 2.45) is 0 Å². The van der Waals surface area contributed by atoms with Crippen LogP contribution in [0, 0.1) is 0 Å². The Bertz CT molecular complexity index is 2930. The lowest BCUT2D eigenvalue weighted by molar-refractivity contribution is -0.0932. The van der Waals surface area contributed by atoms with Crippen LogP contribution in [0.25, 0.3) is 22.3 Å². The number of benzene rings is 6. The normalized spacial score (nSPS) is 17.7. The van der Waals surface area contributed by atoms with Gasteiger partial charge in [-0.25, -0.2) is 19.7 Å². The lowest BCUT2D eigenvalue weighted by Gasteiger charge is -2.37. The number of hydrogen-bond donors (Lipinski definition) is 3. The summed E-state index contributed by atoms with van der Waals surface area (Å²) in [6, 6.07) is 48.8. The third-order valence-electron chi connectivity index (χ3n) is 12.5. The smallest absolute Gasteiger partial charge is 0.407 e. The summed E-state index contributed by atoms with van der Waals surface area (Å²) in [6.07, 6.45) is -1.44. The predicted molar refractivity (Wildman–Crippen MR) is 250 cm³/mol. The van der Waals surface area contributed by atoms with Crippen LogP contribution in [0.2, 0.25) is 0 Å². The summed E-state index contributed by atoms with van der Waals surface area (Å²) in [5.74, 6) is 0.924. The van der Waals surface area contributed by atoms with E-state index in [-0.39, 0.29) is 42.0 Å². The number of aliphatic hydroxyl groups is 1. The van der Waals surface area contributed by atoms with Gasteiger partial charge >= 0.3 is 6.09 Å². The predicted octanol–water partition coefficient (Wildman–Crippen LogP) is 8.27. The maximum absolute atomic E-state index is 14.0. The summed E-state index contributed by atoms with van der Waals surface area (Å²) in [5, 5.41) is 18.2. The molecule has 0 spiro atoms. The van der Waals surface area contributed by atoms with Gasteiger partial charge in [0.05, 0.1) is 27.2 Å². The first-order valence-corrected chi connectivity index (χ1v) is 21.8. The number of aliphatic hydroxyl groups excluding tert-OH is 1. The Kier molecular flexibility index (Phi) is 11.9. The largest absolute Gasteiger partial charge is 0.497 e. The third kappa shape index (κ3) is 8.11. The van der Waals surface area contributed by atoms with Crippen LogP contribution in [-0.4, -0.2) is 82.3 Å². The molecule has 3 N–H and O–H groups in total. The fraction of sp³-hybridized carbons (Fsp3) is 0.189. The quantitative estimate of drug-likeness (QED) is 0.0899. The molecule has 0 unspecified atom stereocenters. The summed E-state index contributed by atoms with van der Waals surface area (Å²) in [4.78, 5) is 40.8. The Balaban J connectivity index is 0.988. The number of rotatable bonds is 14. The van der Waals surface area contributed by atoms with Crippen molar-refractivity contribution in [1.29, 1.82) is 0 Å². The lowest BCUT2D eigenvalue weighted by atomic mass is 9.80. The SMILES string of the molecule is COc1ccc(C(OC[C@H]2O[C@@H](n3cnc4c(NC(=O)c5ccccc5)ncnc43)[C@H](NC(=O)OCC3c4ccccc4-c4ccccc43)[C@@H]2O)(c2ccccc2)c2ccc(OC)cc2)cc1. The number of imidazole rings is 1. The highest BCUT2D eigenvalue weighted by Gasteiger charge is 2.49. The summed E-state index contributed by atoms with van der Waals surface area (Å²) >= 11 is 0. The molecule has 8 aromatic rings. The van der Waals surface area contributed by atoms with Gasteiger partial charge in [0.1, 0.15) is 48.3 Å². The number of amides is 2. The number of anilines is 1. The van der Waals surface area contributed by atoms with Crippen LogP contribution in [0.4, 0.5) is 10.6 Å². The number of alkyl carbamates (subject to hydrolysis) is 1. The Morgan fingerprint density at radius 1 is 0.687 bits per heavy atom. The molecule has 2 aliphatic rings. The number of ether oxygens (including phenoxy) is 5. The second-order valence-electron chi connectivity index (χ2n) is 16.2. The summed E-state index contributed by atoms with van der Waals surface area (Å²) in [7, 11) is 3.22. The molecule has 14 heteroatoms. The van der Waals surface area contributed by atoms with E-state index in [0.717, 1.165) is 38.9 Å². The van der Waals surface area contributed by atoms with E-state index in [1.807, 2.05) is 121 Å². The van der Waals surface area contributed by atoms with Crippen molar-refractivity contribution >= 4 is 29.0 Å². The summed E-state index contributed by atoms with van der Waals surface area (Å²) < 4.78 is 32.6. The Hall–Kier alpha value is -7.91. The van der Waals surface area contributed by atoms with E-state index in [9.17, 15) is 14.7 Å². The Morgan fingerprint density at radius 3 is 1.87 bits per heavy atom. The van der Waals surface area contributed by atoms with Crippen molar-refractivity contribution in [3.05, 3.63) is 204 Å². The van der Waals surface area contributed by atoms with Crippen LogP contribution < -0.4 is 20.1 Å². The molecule has 2 amide bonds. The standard InChI is InChI=1S/C53H46N6O8/c1-63-37-25-21-35(22-26-37)53(34-15-7-4-8-16-34,36-23-27-38(64-2)28-24-36)66-30-44-47(60)45(57-52(62)65-29-43-41-19-11-9-17-39(41)40-18-10-12-20-42(40)43)51(67-44)59-32-56-46-48(54-31-55-49(46)59)58-50(61)33-13-5-3-6-14-33/h3-28,31-32,43-45,47,51,60H,29-30H2,1-2H3,(H,57,62)(H,54,55,58,61)/t44-,45-,47-,51-/m1/s1. The van der Waals surface area contributed by atoms with Crippen molar-refractivity contribution in [2.45, 2.75) is 36.0 Å². The molecule has 1 aliphatic carbocycles. The molecule has 1 aliphatic heterocycles. The zero-order valence-corrected chi connectivity index (χ0v) is 36.6. The average molecular weight is 895 g/mol. The number of fused-ring (bicyclic) bond motifs is 4. The molecule has 0 saturated carbocycles. The molecule has 336 valence electrons. The van der Waals surface area contributed by atoms with Crippen LogP contribution in [0.1, 0.15) is 50.3 Å². The van der Waals surface area contributed by atoms with Gasteiger partial charge in [0.15, 0.2) is 23.2 Å². The average Bonchev–Trinajstić information content (AvgIpc) is 4.06. The van der Waals surface area contributed by atoms with Gasteiger partial charge in [0, 0.05) is 11.5 Å². The zero-order chi connectivity index (χ0) is 45.9. The first kappa shape index (κ1) is 43.0. The molecule has 1 saturated heterocycles. The first-order valence-electron chi connectivity index (χ1n) is 21.8. The molecule has 4 atom stereocenters. The van der Waals surface area contributed by atoms with Crippen LogP contribution in [0.15, 0.2) is 170 Å². The van der Waals surface area contributed by atoms with Crippen molar-refractivity contribution < 1.29 is 38.4 Å². The molecular weight excluding hydrogens is 849 g/mol. The summed E-state index contributed by atoms with van der Waals surface area (Å²) in [5.41, 5.74) is 6.44. The molecule has 3 heterocycles. The number of nitrogens with zero attached hydrogens (tertiary/aromatic N) is 4. The minimum atomic E-state index is -1.35. The number of hydrogen-bond acceptors (Lipinski definition) is 11. The van der Waals surface area contributed by atoms with Crippen LogP contribution in [0.5, 0.6) is 11.5 Å². The maximum Gasteiger partial charge on any atom is 0.407 e. The second kappa shape index (κ2) is 18.5. The van der Waals surface area contributed by atoms with E-state index in [0.29, 0.717) is 17.1 Å². The number of methoxy groups -OCH3 is 2. The maximum atomic E-state index is 14.0. The minimum absolute atomic E-state index is 0.0513. The molecule has 1 fully saturated rings. The molecular formula is C53H46N6O8. The zero-order valence-electron chi connectivity index (χ0n) is 36.6. The number of aromatic nitrogens is 4. The number of nitrogens with one attached hydrogen (secondary N) is 2. The van der Waals surface area contributed by atoms with Gasteiger partial charge < -0.3 is 39.4 Å². The van der Waals surface area contributed by atoms with Gasteiger partial charge in [-0.15, -0.1) is 0 Å². The Morgan fingerprint density at radius 2 is 1.25 bits per heavy atom. The summed E-state index contributed by atoms with van der Waals surface area (Å²) in [6.45, 7) is -0.108. The number of carbonyl (C=O) groups is 2. The fourth-order valence-electron chi connectivity index (χ4n) is 9.23. The molecule has 0 radical (unpaired) electrons. The number of carbonyl (C=O) groups excluding carboxylic acids is 2. The second-order valence-corrected chi connectivity index (χ2v) is 16.2. The van der Waals surface area contributed by atoms with Gasteiger partial charge in [0.25, 0.3) is 5.91 Å². The third-order valence-corrected chi connectivity index (χ3v) is 12.5. The topological polar surface area (TPSA) is 168 Å². The fourth-order valence-corrected chi connectivity index (χ4v) is 9.23. The van der Waals surface area contributed by atoms with Gasteiger partial charge in [-0.1, -0.05) is 121 Å². The molecule has 6 aromatic carbocycles. The highest BCUT2D eigenvalue weighted by molar-refractivity contribution is 6.06. The van der Waals surface area contributed by atoms with E-state index < -0.39 is 36.2 Å². The molecule has 2 aromatic heterocycles. The monoisotopic (exact) mass is 894 g/mol. The molecule has 0 bridgehead atoms. The van der Waals surface area contributed by atoms with E-state index in [2.05, 4.69) is 37.7 Å². The lowest BCUT2D eigenvalue weighted by Crippen LogP contribution is -2.47. The van der Waals surface area contributed by atoms with E-state index in [1.165, 1.54) is 12.7 Å². The minimum Gasteiger partial charge on any atom is -0.497 e. The van der Waals surface area contributed by atoms with Gasteiger partial charge in [-0.3, -0.25) is 9.36 Å². The Labute approximate surface area is 386 Å². The first-order chi connectivity index (χ1) is 32.9. The van der Waals surface area contributed by atoms with Gasteiger partial charge in [-0.05, 0) is 75.3 Å². The highest BCUT2D eigenvalue weighted by atomic mass is 16.6. The van der Waals surface area contributed by atoms with Crippen LogP contribution in [-0.2, 0) is 19.8 Å².